The van der Waals surface area contributed by atoms with Gasteiger partial charge in [0, 0.05) is 30.7 Å². The normalized spacial score (nSPS) is 16.1. The highest BCUT2D eigenvalue weighted by atomic mass is 19.1. The Labute approximate surface area is 195 Å². The maximum atomic E-state index is 15.3. The largest absolute Gasteiger partial charge is 0.315 e. The smallest absolute Gasteiger partial charge is 0.262 e. The van der Waals surface area contributed by atoms with E-state index in [-0.39, 0.29) is 17.4 Å². The van der Waals surface area contributed by atoms with Crippen LogP contribution in [0.25, 0.3) is 22.0 Å². The van der Waals surface area contributed by atoms with Crippen molar-refractivity contribution in [1.82, 2.24) is 25.3 Å². The summed E-state index contributed by atoms with van der Waals surface area (Å²) in [5.74, 6) is -1.08. The molecule has 1 aliphatic rings. The van der Waals surface area contributed by atoms with Gasteiger partial charge < -0.3 is 5.32 Å². The minimum atomic E-state index is -0.648. The average Bonchev–Trinajstić information content (AvgIpc) is 3.26. The van der Waals surface area contributed by atoms with Crippen LogP contribution in [0.3, 0.4) is 0 Å². The molecular formula is C25H24F2N6O. The zero-order valence-corrected chi connectivity index (χ0v) is 18.9. The lowest BCUT2D eigenvalue weighted by molar-refractivity contribution is 0.0968. The molecule has 0 unspecified atom stereocenters. The van der Waals surface area contributed by atoms with E-state index in [1.807, 2.05) is 0 Å². The Morgan fingerprint density at radius 1 is 1.21 bits per heavy atom. The van der Waals surface area contributed by atoms with Crippen molar-refractivity contribution in [2.24, 2.45) is 7.05 Å². The Balaban J connectivity index is 1.61. The number of nitrogens with one attached hydrogen (secondary N) is 1. The van der Waals surface area contributed by atoms with Gasteiger partial charge >= 0.3 is 0 Å². The van der Waals surface area contributed by atoms with Gasteiger partial charge in [0.1, 0.15) is 23.1 Å². The first-order valence-electron chi connectivity index (χ1n) is 11.2. The number of hydrogen-bond acceptors (Lipinski definition) is 5. The highest BCUT2D eigenvalue weighted by Crippen LogP contribution is 2.33. The number of anilines is 1. The maximum Gasteiger partial charge on any atom is 0.262 e. The van der Waals surface area contributed by atoms with Crippen LogP contribution in [-0.4, -0.2) is 45.0 Å². The molecule has 0 bridgehead atoms. The van der Waals surface area contributed by atoms with Crippen molar-refractivity contribution in [2.75, 3.05) is 18.0 Å². The lowest BCUT2D eigenvalue weighted by Gasteiger charge is -2.35. The second-order valence-corrected chi connectivity index (χ2v) is 8.60. The van der Waals surface area contributed by atoms with Gasteiger partial charge in [-0.05, 0) is 67.6 Å². The quantitative estimate of drug-likeness (QED) is 0.496. The van der Waals surface area contributed by atoms with E-state index in [0.29, 0.717) is 40.0 Å². The predicted molar refractivity (Wildman–Crippen MR) is 126 cm³/mol. The summed E-state index contributed by atoms with van der Waals surface area (Å²) in [6.07, 6.45) is 4.86. The Bertz CT molecular complexity index is 1380. The molecule has 0 radical (unpaired) electrons. The molecule has 34 heavy (non-hydrogen) atoms. The summed E-state index contributed by atoms with van der Waals surface area (Å²) in [4.78, 5) is 19.9. The fourth-order valence-electron chi connectivity index (χ4n) is 4.59. The minimum Gasteiger partial charge on any atom is -0.315 e. The number of carbonyl (C=O) groups is 1. The number of fused-ring (bicyclic) bond motifs is 1. The molecule has 3 heterocycles. The molecule has 1 aliphatic heterocycles. The van der Waals surface area contributed by atoms with Crippen LogP contribution >= 0.6 is 0 Å². The zero-order valence-electron chi connectivity index (χ0n) is 18.9. The summed E-state index contributed by atoms with van der Waals surface area (Å²) >= 11 is 0. The summed E-state index contributed by atoms with van der Waals surface area (Å²) in [7, 11) is 1.73. The maximum absolute atomic E-state index is 15.3. The molecule has 5 rings (SSSR count). The number of aromatic nitrogens is 4. The van der Waals surface area contributed by atoms with Gasteiger partial charge in [0.15, 0.2) is 0 Å². The van der Waals surface area contributed by atoms with Gasteiger partial charge in [-0.15, -0.1) is 5.10 Å². The highest BCUT2D eigenvalue weighted by Gasteiger charge is 2.32. The minimum absolute atomic E-state index is 0.0585. The van der Waals surface area contributed by atoms with Gasteiger partial charge in [-0.3, -0.25) is 14.4 Å². The van der Waals surface area contributed by atoms with Crippen LogP contribution in [0.2, 0.25) is 0 Å². The van der Waals surface area contributed by atoms with E-state index in [0.717, 1.165) is 19.4 Å². The number of aryl methyl sites for hydroxylation is 2. The van der Waals surface area contributed by atoms with Crippen LogP contribution in [0.15, 0.2) is 48.8 Å². The van der Waals surface area contributed by atoms with Gasteiger partial charge in [-0.25, -0.2) is 13.8 Å². The first-order valence-corrected chi connectivity index (χ1v) is 11.2. The molecular weight excluding hydrogens is 438 g/mol. The molecule has 2 aromatic carbocycles. The van der Waals surface area contributed by atoms with Crippen LogP contribution < -0.4 is 10.2 Å². The zero-order chi connectivity index (χ0) is 23.8. The second kappa shape index (κ2) is 8.90. The molecule has 2 aromatic heterocycles. The van der Waals surface area contributed by atoms with Gasteiger partial charge in [0.2, 0.25) is 0 Å². The number of nitrogens with zero attached hydrogens (tertiary/aromatic N) is 5. The van der Waals surface area contributed by atoms with Crippen molar-refractivity contribution in [1.29, 1.82) is 0 Å². The molecule has 4 aromatic rings. The Hall–Kier alpha value is -3.72. The van der Waals surface area contributed by atoms with Gasteiger partial charge in [0.25, 0.3) is 5.91 Å². The van der Waals surface area contributed by atoms with Gasteiger partial charge in [-0.1, -0.05) is 11.3 Å². The molecule has 0 aliphatic carbocycles. The van der Waals surface area contributed by atoms with E-state index < -0.39 is 11.7 Å². The molecule has 1 amide bonds. The Kier molecular flexibility index (Phi) is 5.79. The summed E-state index contributed by atoms with van der Waals surface area (Å²) in [6, 6.07) is 8.77. The number of amides is 1. The lowest BCUT2D eigenvalue weighted by atomic mass is 10.0. The lowest BCUT2D eigenvalue weighted by Crippen LogP contribution is -2.49. The van der Waals surface area contributed by atoms with Crippen LogP contribution in [0.5, 0.6) is 0 Å². The third kappa shape index (κ3) is 4.03. The first-order chi connectivity index (χ1) is 16.4. The standard InChI is InChI=1S/C25H24F2N6O/c1-15-10-18(26)11-17-7-9-29-24(23(15)17)33(19-4-3-8-28-13-19)25(34)20-6-5-16(12-21(20)27)22-14-32(2)31-30-22/h5-7,9-12,14,19,28H,3-4,8,13H2,1-2H3/t19-/m0/s1. The van der Waals surface area contributed by atoms with Crippen molar-refractivity contribution in [3.8, 4) is 11.3 Å². The third-order valence-corrected chi connectivity index (χ3v) is 6.19. The van der Waals surface area contributed by atoms with E-state index in [1.165, 1.54) is 28.9 Å². The Morgan fingerprint density at radius 3 is 2.76 bits per heavy atom. The van der Waals surface area contributed by atoms with Gasteiger partial charge in [0.05, 0.1) is 17.8 Å². The first kappa shape index (κ1) is 22.1. The van der Waals surface area contributed by atoms with E-state index in [4.69, 9.17) is 0 Å². The second-order valence-electron chi connectivity index (χ2n) is 8.60. The van der Waals surface area contributed by atoms with E-state index in [9.17, 15) is 9.18 Å². The van der Waals surface area contributed by atoms with Crippen molar-refractivity contribution < 1.29 is 13.6 Å². The molecule has 9 heteroatoms. The average molecular weight is 463 g/mol. The summed E-state index contributed by atoms with van der Waals surface area (Å²) in [5.41, 5.74) is 1.65. The van der Waals surface area contributed by atoms with Crippen molar-refractivity contribution >= 4 is 22.5 Å². The SMILES string of the molecule is Cc1cc(F)cc2ccnc(N(C(=O)c3ccc(-c4cn(C)nn4)cc3F)[C@H]3CCCNC3)c12. The molecule has 0 saturated carbocycles. The van der Waals surface area contributed by atoms with Gasteiger partial charge in [-0.2, -0.15) is 0 Å². The van der Waals surface area contributed by atoms with Crippen LogP contribution in [0.4, 0.5) is 14.6 Å². The van der Waals surface area contributed by atoms with E-state index in [2.05, 4.69) is 20.6 Å². The third-order valence-electron chi connectivity index (χ3n) is 6.19. The number of carbonyl (C=O) groups excluding carboxylic acids is 1. The number of piperidine rings is 1. The number of halogens is 2. The van der Waals surface area contributed by atoms with Crippen molar-refractivity contribution in [2.45, 2.75) is 25.8 Å². The topological polar surface area (TPSA) is 75.9 Å². The molecule has 1 fully saturated rings. The Morgan fingerprint density at radius 2 is 2.06 bits per heavy atom. The predicted octanol–water partition coefficient (Wildman–Crippen LogP) is 4.02. The van der Waals surface area contributed by atoms with Crippen LogP contribution in [0, 0.1) is 18.6 Å². The monoisotopic (exact) mass is 462 g/mol. The van der Waals surface area contributed by atoms with Crippen molar-refractivity contribution in [3.63, 3.8) is 0 Å². The summed E-state index contributed by atoms with van der Waals surface area (Å²) in [5, 5.41) is 12.5. The number of hydrogen-bond donors (Lipinski definition) is 1. The summed E-state index contributed by atoms with van der Waals surface area (Å²) < 4.78 is 30.9. The molecule has 7 nitrogen and oxygen atoms in total. The number of rotatable bonds is 4. The van der Waals surface area contributed by atoms with E-state index >= 15 is 4.39 Å². The fourth-order valence-corrected chi connectivity index (χ4v) is 4.59. The van der Waals surface area contributed by atoms with E-state index in [1.54, 1.807) is 43.4 Å². The molecule has 1 atom stereocenters. The molecule has 1 saturated heterocycles. The van der Waals surface area contributed by atoms with Crippen LogP contribution in [-0.2, 0) is 7.05 Å². The fraction of sp³-hybridized carbons (Fsp3) is 0.280. The molecule has 1 N–H and O–H groups in total. The molecule has 0 spiro atoms. The molecule has 174 valence electrons. The summed E-state index contributed by atoms with van der Waals surface area (Å²) in [6.45, 7) is 3.20. The highest BCUT2D eigenvalue weighted by molar-refractivity contribution is 6.11. The van der Waals surface area contributed by atoms with Crippen LogP contribution in [0.1, 0.15) is 28.8 Å². The number of pyridine rings is 1. The number of benzene rings is 2. The van der Waals surface area contributed by atoms with Crippen molar-refractivity contribution in [3.05, 3.63) is 71.6 Å².